The van der Waals surface area contributed by atoms with Crippen LogP contribution in [0.15, 0.2) is 47.4 Å². The number of fused-ring (bicyclic) bond motifs is 2. The second-order valence-corrected chi connectivity index (χ2v) is 9.14. The topological polar surface area (TPSA) is 86.3 Å². The molecule has 0 heterocycles. The van der Waals surface area contributed by atoms with Crippen molar-refractivity contribution < 1.29 is 47.9 Å². The molecule has 1 N–H and O–H groups in total. The zero-order valence-corrected chi connectivity index (χ0v) is 18.7. The van der Waals surface area contributed by atoms with Gasteiger partial charge in [-0.25, -0.2) is 13.1 Å². The third-order valence-corrected chi connectivity index (χ3v) is 7.23. The van der Waals surface area contributed by atoms with Gasteiger partial charge in [0.15, 0.2) is 0 Å². The van der Waals surface area contributed by atoms with Gasteiger partial charge in [-0.15, -0.1) is 0 Å². The van der Waals surface area contributed by atoms with E-state index in [1.54, 1.807) is 24.3 Å². The molecule has 2 saturated carbocycles. The second kappa shape index (κ2) is 10.2. The van der Waals surface area contributed by atoms with Crippen LogP contribution in [0.5, 0.6) is 0 Å². The second-order valence-electron chi connectivity index (χ2n) is 7.43. The quantitative estimate of drug-likeness (QED) is 0.336. The average Bonchev–Trinajstić information content (AvgIpc) is 3.20. The van der Waals surface area contributed by atoms with Gasteiger partial charge in [0.1, 0.15) is 0 Å². The molecule has 1 aromatic carbocycles. The molecule has 4 atom stereocenters. The Morgan fingerprint density at radius 1 is 1.15 bits per heavy atom. The molecule has 0 radical (unpaired) electrons. The van der Waals surface area contributed by atoms with E-state index in [1.807, 2.05) is 12.1 Å². The molecule has 27 heavy (non-hydrogen) atoms. The first-order valence-corrected chi connectivity index (χ1v) is 10.9. The molecule has 3 rings (SSSR count). The minimum atomic E-state index is -3.49. The molecule has 2 aliphatic rings. The van der Waals surface area contributed by atoms with E-state index >= 15 is 0 Å². The van der Waals surface area contributed by atoms with E-state index in [0.717, 1.165) is 25.7 Å². The predicted octanol–water partition coefficient (Wildman–Crippen LogP) is -0.750. The zero-order valence-electron chi connectivity index (χ0n) is 15.8. The maximum Gasteiger partial charge on any atom is 1.00 e. The number of aliphatic carboxylic acids is 1. The molecule has 7 heteroatoms. The molecule has 142 valence electrons. The normalized spacial score (nSPS) is 27.0. The molecule has 0 amide bonds. The maximum atomic E-state index is 12.7. The summed E-state index contributed by atoms with van der Waals surface area (Å²) in [7, 11) is -3.49. The number of carboxylic acids is 1. The number of carbonyl (C=O) groups excluding carboxylic acids is 1. The number of hydrogen-bond donors (Lipinski definition) is 1. The first-order chi connectivity index (χ1) is 12.5. The van der Waals surface area contributed by atoms with Crippen LogP contribution in [-0.2, 0) is 14.8 Å². The van der Waals surface area contributed by atoms with E-state index in [0.29, 0.717) is 29.1 Å². The van der Waals surface area contributed by atoms with Crippen LogP contribution in [0.1, 0.15) is 44.9 Å². The molecule has 2 aliphatic carbocycles. The number of hydrogen-bond acceptors (Lipinski definition) is 4. The van der Waals surface area contributed by atoms with Gasteiger partial charge in [0.25, 0.3) is 0 Å². The SMILES string of the molecule is O=C([O-])CCC/C=C\C[C@H]1[C@@H]2CCC(C2)[C@@H]1NS(=O)(=O)c1ccccc1.[Na+]. The van der Waals surface area contributed by atoms with E-state index in [1.165, 1.54) is 6.42 Å². The van der Waals surface area contributed by atoms with Crippen LogP contribution < -0.4 is 39.4 Å². The van der Waals surface area contributed by atoms with E-state index in [2.05, 4.69) is 10.8 Å². The van der Waals surface area contributed by atoms with Crippen LogP contribution in [0, 0.1) is 17.8 Å². The molecule has 1 unspecified atom stereocenters. The number of allylic oxidation sites excluding steroid dienone is 2. The van der Waals surface area contributed by atoms with Gasteiger partial charge in [0, 0.05) is 12.0 Å². The van der Waals surface area contributed by atoms with Crippen molar-refractivity contribution in [3.05, 3.63) is 42.5 Å². The van der Waals surface area contributed by atoms with Gasteiger partial charge in [-0.1, -0.05) is 30.4 Å². The third-order valence-electron chi connectivity index (χ3n) is 5.76. The fraction of sp³-hybridized carbons (Fsp3) is 0.550. The van der Waals surface area contributed by atoms with Crippen molar-refractivity contribution in [3.63, 3.8) is 0 Å². The first-order valence-electron chi connectivity index (χ1n) is 9.39. The smallest absolute Gasteiger partial charge is 0.550 e. The predicted molar refractivity (Wildman–Crippen MR) is 97.5 cm³/mol. The minimum Gasteiger partial charge on any atom is -0.550 e. The number of rotatable bonds is 9. The van der Waals surface area contributed by atoms with Gasteiger partial charge in [-0.05, 0) is 74.8 Å². The van der Waals surface area contributed by atoms with Crippen molar-refractivity contribution in [1.82, 2.24) is 4.72 Å². The number of carboxylic acid groups (broad SMARTS) is 1. The van der Waals surface area contributed by atoms with Crippen LogP contribution in [0.3, 0.4) is 0 Å². The standard InChI is InChI=1S/C20H27NO4S.Na/c22-19(23)11-7-2-1-6-10-18-15-12-13-16(14-15)20(18)21-26(24,25)17-8-4-3-5-9-17;/h1,3-6,8-9,15-16,18,20-21H,2,7,10-14H2,(H,22,23);/q;+1/p-1/b6-1-;/t15-,16?,18+,20+;/m1./s1. The van der Waals surface area contributed by atoms with Gasteiger partial charge in [-0.3, -0.25) is 0 Å². The Kier molecular flexibility index (Phi) is 8.56. The molecule has 5 nitrogen and oxygen atoms in total. The van der Waals surface area contributed by atoms with Crippen LogP contribution in [0.2, 0.25) is 0 Å². The van der Waals surface area contributed by atoms with Crippen LogP contribution in [0.25, 0.3) is 0 Å². The molecule has 2 bridgehead atoms. The molecule has 0 saturated heterocycles. The number of unbranched alkanes of at least 4 members (excludes halogenated alkanes) is 1. The molecule has 1 aromatic rings. The number of sulfonamides is 1. The Bertz CT molecular complexity index is 751. The molecule has 0 spiro atoms. The summed E-state index contributed by atoms with van der Waals surface area (Å²) < 4.78 is 28.4. The van der Waals surface area contributed by atoms with Crippen molar-refractivity contribution in [3.8, 4) is 0 Å². The van der Waals surface area contributed by atoms with E-state index in [9.17, 15) is 18.3 Å². The van der Waals surface area contributed by atoms with Crippen molar-refractivity contribution in [2.45, 2.75) is 55.9 Å². The zero-order chi connectivity index (χ0) is 18.6. The Balaban J connectivity index is 0.00000261. The Morgan fingerprint density at radius 3 is 2.56 bits per heavy atom. The summed E-state index contributed by atoms with van der Waals surface area (Å²) in [5.74, 6) is 0.317. The maximum absolute atomic E-state index is 12.7. The van der Waals surface area contributed by atoms with Gasteiger partial charge in [0.05, 0.1) is 4.90 Å². The van der Waals surface area contributed by atoms with Gasteiger partial charge in [-0.2, -0.15) is 0 Å². The molecule has 0 aromatic heterocycles. The van der Waals surface area contributed by atoms with Crippen molar-refractivity contribution in [2.75, 3.05) is 0 Å². The molecule has 2 fully saturated rings. The Labute approximate surface area is 184 Å². The van der Waals surface area contributed by atoms with Crippen molar-refractivity contribution in [1.29, 1.82) is 0 Å². The van der Waals surface area contributed by atoms with Crippen molar-refractivity contribution >= 4 is 16.0 Å². The van der Waals surface area contributed by atoms with E-state index in [4.69, 9.17) is 0 Å². The molecule has 0 aliphatic heterocycles. The van der Waals surface area contributed by atoms with Gasteiger partial charge in [0.2, 0.25) is 10.0 Å². The van der Waals surface area contributed by atoms with E-state index in [-0.39, 0.29) is 42.0 Å². The Hall–Kier alpha value is -0.660. The summed E-state index contributed by atoms with van der Waals surface area (Å²) in [6.07, 6.45) is 9.70. The summed E-state index contributed by atoms with van der Waals surface area (Å²) in [5.41, 5.74) is 0. The van der Waals surface area contributed by atoms with E-state index < -0.39 is 16.0 Å². The average molecular weight is 399 g/mol. The minimum absolute atomic E-state index is 0. The van der Waals surface area contributed by atoms with Crippen LogP contribution >= 0.6 is 0 Å². The summed E-state index contributed by atoms with van der Waals surface area (Å²) >= 11 is 0. The summed E-state index contributed by atoms with van der Waals surface area (Å²) in [6.45, 7) is 0. The summed E-state index contributed by atoms with van der Waals surface area (Å²) in [6, 6.07) is 8.53. The molecular weight excluding hydrogens is 373 g/mol. The number of benzene rings is 1. The number of carbonyl (C=O) groups is 1. The first kappa shape index (κ1) is 22.6. The van der Waals surface area contributed by atoms with Gasteiger partial charge >= 0.3 is 29.6 Å². The summed E-state index contributed by atoms with van der Waals surface area (Å²) in [5, 5.41) is 10.4. The Morgan fingerprint density at radius 2 is 1.85 bits per heavy atom. The third kappa shape index (κ3) is 5.91. The largest absolute Gasteiger partial charge is 1.00 e. The fourth-order valence-corrected chi connectivity index (χ4v) is 5.89. The van der Waals surface area contributed by atoms with Crippen LogP contribution in [0.4, 0.5) is 0 Å². The fourth-order valence-electron chi connectivity index (χ4n) is 4.52. The summed E-state index contributed by atoms with van der Waals surface area (Å²) in [4.78, 5) is 10.7. The van der Waals surface area contributed by atoms with Gasteiger partial charge < -0.3 is 9.90 Å². The monoisotopic (exact) mass is 399 g/mol. The number of nitrogens with one attached hydrogen (secondary N) is 1. The van der Waals surface area contributed by atoms with Crippen molar-refractivity contribution in [2.24, 2.45) is 17.8 Å². The van der Waals surface area contributed by atoms with Crippen LogP contribution in [-0.4, -0.2) is 20.4 Å². The molecular formula is C20H26NNaO4S.